The molecule has 2 N–H and O–H groups in total. The van der Waals surface area contributed by atoms with Gasteiger partial charge in [-0.25, -0.2) is 9.59 Å². The number of carbonyl (C=O) groups is 2. The molecule has 0 heterocycles. The van der Waals surface area contributed by atoms with Crippen LogP contribution in [0, 0.1) is 0 Å². The van der Waals surface area contributed by atoms with Crippen LogP contribution < -0.4 is 0 Å². The largest absolute Gasteiger partial charge is 2.00 e. The van der Waals surface area contributed by atoms with Gasteiger partial charge in [0, 0.05) is 12.2 Å². The van der Waals surface area contributed by atoms with Crippen molar-refractivity contribution in [3.05, 3.63) is 12.2 Å². The first-order chi connectivity index (χ1) is 3.63. The van der Waals surface area contributed by atoms with Crippen LogP contribution in [0.4, 0.5) is 0 Å². The summed E-state index contributed by atoms with van der Waals surface area (Å²) in [4.78, 5) is 19.1. The van der Waals surface area contributed by atoms with E-state index in [-0.39, 0.29) is 40.6 Å². The number of rotatable bonds is 2. The van der Waals surface area contributed by atoms with Gasteiger partial charge in [-0.3, -0.25) is 0 Å². The van der Waals surface area contributed by atoms with E-state index >= 15 is 0 Å². The summed E-state index contributed by atoms with van der Waals surface area (Å²) in [5.74, 6) is -2.51. The summed E-state index contributed by atoms with van der Waals surface area (Å²) >= 11 is 0. The minimum Gasteiger partial charge on any atom is -1.00 e. The number of hydrogen-bond donors (Lipinski definition) is 2. The Labute approximate surface area is 84.1 Å². The zero-order valence-corrected chi connectivity index (χ0v) is 6.78. The van der Waals surface area contributed by atoms with E-state index in [4.69, 9.17) is 10.2 Å². The molecule has 5 heteroatoms. The third kappa shape index (κ3) is 11.5. The summed E-state index contributed by atoms with van der Waals surface area (Å²) in [6.45, 7) is 0. The average Bonchev–Trinajstić information content (AvgIpc) is 1.61. The van der Waals surface area contributed by atoms with Crippen molar-refractivity contribution < 1.29 is 22.7 Å². The molecule has 0 spiro atoms. The normalized spacial score (nSPS) is 8.44. The van der Waals surface area contributed by atoms with Crippen molar-refractivity contribution in [2.75, 3.05) is 0 Å². The van der Waals surface area contributed by atoms with E-state index in [0.29, 0.717) is 12.2 Å². The van der Waals surface area contributed by atoms with Gasteiger partial charge in [-0.05, 0) is 0 Å². The molecular weight excluding hydrogens is 152 g/mol. The first kappa shape index (κ1) is 11.7. The molecular formula is C4H6CaO4. The zero-order valence-electron chi connectivity index (χ0n) is 6.57. The Balaban J connectivity index is -0.0000000817. The van der Waals surface area contributed by atoms with E-state index in [1.165, 1.54) is 0 Å². The topological polar surface area (TPSA) is 74.6 Å². The summed E-state index contributed by atoms with van der Waals surface area (Å²) in [5.41, 5.74) is 0. The molecule has 4 nitrogen and oxygen atoms in total. The van der Waals surface area contributed by atoms with Crippen LogP contribution in [0.1, 0.15) is 2.85 Å². The smallest absolute Gasteiger partial charge is 1.00 e. The van der Waals surface area contributed by atoms with E-state index in [0.717, 1.165) is 0 Å². The second-order valence-electron chi connectivity index (χ2n) is 1.01. The Hall–Kier alpha value is -0.0603. The molecule has 0 saturated carbocycles. The minimum absolute atomic E-state index is 0. The van der Waals surface area contributed by atoms with Gasteiger partial charge in [-0.2, -0.15) is 0 Å². The summed E-state index contributed by atoms with van der Waals surface area (Å²) in [6, 6.07) is 0. The molecule has 0 saturated heterocycles. The third-order valence-electron chi connectivity index (χ3n) is 0.368. The molecule has 0 aromatic heterocycles. The van der Waals surface area contributed by atoms with E-state index in [2.05, 4.69) is 0 Å². The SMILES string of the molecule is O=C(O)/C=C/C(=O)O.[Ca+2].[H-].[H-]. The molecule has 9 heavy (non-hydrogen) atoms. The Morgan fingerprint density at radius 2 is 1.33 bits per heavy atom. The van der Waals surface area contributed by atoms with Gasteiger partial charge in [0.15, 0.2) is 0 Å². The fourth-order valence-electron chi connectivity index (χ4n) is 0.143. The number of carboxylic acids is 2. The monoisotopic (exact) mass is 158 g/mol. The van der Waals surface area contributed by atoms with E-state index in [9.17, 15) is 9.59 Å². The molecule has 0 radical (unpaired) electrons. The minimum atomic E-state index is -1.26. The Morgan fingerprint density at radius 1 is 1.11 bits per heavy atom. The molecule has 48 valence electrons. The maximum atomic E-state index is 9.55. The van der Waals surface area contributed by atoms with Crippen molar-refractivity contribution >= 4 is 49.7 Å². The Bertz CT molecular complexity index is 131. The van der Waals surface area contributed by atoms with Crippen LogP contribution in [-0.2, 0) is 9.59 Å². The Kier molecular flexibility index (Phi) is 7.89. The van der Waals surface area contributed by atoms with Gasteiger partial charge in [0.2, 0.25) is 0 Å². The molecule has 0 atom stereocenters. The molecule has 0 bridgehead atoms. The summed E-state index contributed by atoms with van der Waals surface area (Å²) in [7, 11) is 0. The van der Waals surface area contributed by atoms with Gasteiger partial charge in [0.25, 0.3) is 0 Å². The van der Waals surface area contributed by atoms with Crippen molar-refractivity contribution in [3.63, 3.8) is 0 Å². The van der Waals surface area contributed by atoms with E-state index < -0.39 is 11.9 Å². The zero-order chi connectivity index (χ0) is 6.57. The van der Waals surface area contributed by atoms with Crippen LogP contribution in [0.2, 0.25) is 0 Å². The fourth-order valence-corrected chi connectivity index (χ4v) is 0.143. The predicted molar refractivity (Wildman–Crippen MR) is 32.4 cm³/mol. The van der Waals surface area contributed by atoms with Gasteiger partial charge >= 0.3 is 49.7 Å². The van der Waals surface area contributed by atoms with Crippen LogP contribution in [0.3, 0.4) is 0 Å². The van der Waals surface area contributed by atoms with Gasteiger partial charge in [0.1, 0.15) is 0 Å². The van der Waals surface area contributed by atoms with Crippen molar-refractivity contribution in [1.82, 2.24) is 0 Å². The van der Waals surface area contributed by atoms with Crippen molar-refractivity contribution in [3.8, 4) is 0 Å². The molecule has 0 amide bonds. The number of carboxylic acid groups (broad SMARTS) is 2. The van der Waals surface area contributed by atoms with Crippen molar-refractivity contribution in [2.45, 2.75) is 0 Å². The summed E-state index contributed by atoms with van der Waals surface area (Å²) in [6.07, 6.45) is 1.12. The second kappa shape index (κ2) is 6.07. The van der Waals surface area contributed by atoms with Crippen LogP contribution in [0.25, 0.3) is 0 Å². The van der Waals surface area contributed by atoms with E-state index in [1.54, 1.807) is 0 Å². The van der Waals surface area contributed by atoms with Gasteiger partial charge < -0.3 is 13.1 Å². The molecule has 0 aliphatic rings. The molecule has 0 fully saturated rings. The number of hydrogen-bond acceptors (Lipinski definition) is 2. The summed E-state index contributed by atoms with van der Waals surface area (Å²) < 4.78 is 0. The third-order valence-corrected chi connectivity index (χ3v) is 0.368. The maximum absolute atomic E-state index is 9.55. The van der Waals surface area contributed by atoms with Gasteiger partial charge in [-0.15, -0.1) is 0 Å². The van der Waals surface area contributed by atoms with Crippen LogP contribution >= 0.6 is 0 Å². The average molecular weight is 158 g/mol. The van der Waals surface area contributed by atoms with Gasteiger partial charge in [0.05, 0.1) is 0 Å². The van der Waals surface area contributed by atoms with Crippen LogP contribution in [0.5, 0.6) is 0 Å². The molecule has 0 aromatic rings. The first-order valence-corrected chi connectivity index (χ1v) is 1.77. The number of aliphatic carboxylic acids is 2. The van der Waals surface area contributed by atoms with Crippen molar-refractivity contribution in [1.29, 1.82) is 0 Å². The van der Waals surface area contributed by atoms with E-state index in [1.807, 2.05) is 0 Å². The molecule has 0 aromatic carbocycles. The fraction of sp³-hybridized carbons (Fsp3) is 0. The van der Waals surface area contributed by atoms with Gasteiger partial charge in [-0.1, -0.05) is 0 Å². The first-order valence-electron chi connectivity index (χ1n) is 1.77. The standard InChI is InChI=1S/C4H4O4.Ca.2H/c5-3(6)1-2-4(7)8;;;/h1-2H,(H,5,6)(H,7,8);;;/q;+2;2*-1/b2-1+;;;. The second-order valence-corrected chi connectivity index (χ2v) is 1.01. The molecule has 0 unspecified atom stereocenters. The van der Waals surface area contributed by atoms with Crippen LogP contribution in [0.15, 0.2) is 12.2 Å². The Morgan fingerprint density at radius 3 is 1.44 bits per heavy atom. The molecule has 0 aliphatic carbocycles. The summed E-state index contributed by atoms with van der Waals surface area (Å²) in [5, 5.41) is 15.6. The van der Waals surface area contributed by atoms with Crippen LogP contribution in [-0.4, -0.2) is 59.9 Å². The predicted octanol–water partition coefficient (Wildman–Crippen LogP) is -0.444. The maximum Gasteiger partial charge on any atom is 2.00 e. The molecule has 0 rings (SSSR count). The van der Waals surface area contributed by atoms with Crippen molar-refractivity contribution in [2.24, 2.45) is 0 Å². The quantitative estimate of drug-likeness (QED) is 0.422. The molecule has 0 aliphatic heterocycles.